The summed E-state index contributed by atoms with van der Waals surface area (Å²) in [7, 11) is 1.63. The van der Waals surface area contributed by atoms with E-state index in [1.165, 1.54) is 18.3 Å². The molecule has 6 nitrogen and oxygen atoms in total. The van der Waals surface area contributed by atoms with Gasteiger partial charge in [-0.2, -0.15) is 0 Å². The number of ether oxygens (including phenoxy) is 1. The molecule has 0 radical (unpaired) electrons. The first-order chi connectivity index (χ1) is 9.69. The van der Waals surface area contributed by atoms with Crippen LogP contribution < -0.4 is 10.1 Å². The Morgan fingerprint density at radius 3 is 2.95 bits per heavy atom. The van der Waals surface area contributed by atoms with Crippen LogP contribution in [0.25, 0.3) is 0 Å². The second-order valence-electron chi connectivity index (χ2n) is 4.18. The van der Waals surface area contributed by atoms with Gasteiger partial charge in [-0.3, -0.25) is 10.1 Å². The van der Waals surface area contributed by atoms with Crippen LogP contribution in [0.1, 0.15) is 5.56 Å². The predicted molar refractivity (Wildman–Crippen MR) is 76.1 cm³/mol. The summed E-state index contributed by atoms with van der Waals surface area (Å²) in [5.41, 5.74) is 1.16. The van der Waals surface area contributed by atoms with Crippen molar-refractivity contribution in [3.05, 3.63) is 58.3 Å². The van der Waals surface area contributed by atoms with E-state index in [4.69, 9.17) is 4.74 Å². The zero-order valence-corrected chi connectivity index (χ0v) is 11.1. The summed E-state index contributed by atoms with van der Waals surface area (Å²) in [5.74, 6) is 1.32. The third-order valence-corrected chi connectivity index (χ3v) is 2.81. The summed E-state index contributed by atoms with van der Waals surface area (Å²) in [6, 6.07) is 10.6. The van der Waals surface area contributed by atoms with Crippen LogP contribution in [0.15, 0.2) is 42.6 Å². The Morgan fingerprint density at radius 1 is 1.35 bits per heavy atom. The van der Waals surface area contributed by atoms with Crippen molar-refractivity contribution in [2.24, 2.45) is 0 Å². The molecule has 0 saturated heterocycles. The third-order valence-electron chi connectivity index (χ3n) is 2.81. The van der Waals surface area contributed by atoms with Crippen LogP contribution in [0.2, 0.25) is 0 Å². The van der Waals surface area contributed by atoms with E-state index < -0.39 is 4.92 Å². The van der Waals surface area contributed by atoms with Crippen LogP contribution >= 0.6 is 0 Å². The van der Waals surface area contributed by atoms with Crippen molar-refractivity contribution < 1.29 is 9.66 Å². The fraction of sp³-hybridized carbons (Fsp3) is 0.214. The van der Waals surface area contributed by atoms with Gasteiger partial charge in [0.05, 0.1) is 18.1 Å². The summed E-state index contributed by atoms with van der Waals surface area (Å²) in [6.07, 6.45) is 2.20. The van der Waals surface area contributed by atoms with Gasteiger partial charge in [-0.05, 0) is 24.1 Å². The summed E-state index contributed by atoms with van der Waals surface area (Å²) in [6.45, 7) is 0.640. The van der Waals surface area contributed by atoms with Crippen molar-refractivity contribution >= 4 is 11.5 Å². The highest BCUT2D eigenvalue weighted by molar-refractivity contribution is 5.44. The molecule has 1 aromatic carbocycles. The van der Waals surface area contributed by atoms with Crippen LogP contribution in [0, 0.1) is 10.1 Å². The number of rotatable bonds is 6. The summed E-state index contributed by atoms with van der Waals surface area (Å²) in [5, 5.41) is 13.7. The second-order valence-corrected chi connectivity index (χ2v) is 4.18. The molecule has 2 rings (SSSR count). The Labute approximate surface area is 116 Å². The molecule has 6 heteroatoms. The first kappa shape index (κ1) is 13.8. The van der Waals surface area contributed by atoms with Crippen LogP contribution in [0.3, 0.4) is 0 Å². The number of nitro groups is 1. The lowest BCUT2D eigenvalue weighted by Crippen LogP contribution is -2.06. The molecule has 0 aliphatic carbocycles. The number of anilines is 1. The van der Waals surface area contributed by atoms with Gasteiger partial charge in [-0.15, -0.1) is 0 Å². The first-order valence-corrected chi connectivity index (χ1v) is 6.16. The number of pyridine rings is 1. The maximum atomic E-state index is 10.7. The second kappa shape index (κ2) is 6.51. The first-order valence-electron chi connectivity index (χ1n) is 6.16. The van der Waals surface area contributed by atoms with Gasteiger partial charge in [0.25, 0.3) is 5.69 Å². The van der Waals surface area contributed by atoms with Crippen molar-refractivity contribution in [3.63, 3.8) is 0 Å². The Balaban J connectivity index is 1.92. The molecule has 2 aromatic rings. The van der Waals surface area contributed by atoms with Gasteiger partial charge in [0.1, 0.15) is 11.6 Å². The van der Waals surface area contributed by atoms with Gasteiger partial charge < -0.3 is 10.1 Å². The fourth-order valence-corrected chi connectivity index (χ4v) is 1.79. The van der Waals surface area contributed by atoms with Crippen LogP contribution in [-0.4, -0.2) is 23.6 Å². The zero-order valence-electron chi connectivity index (χ0n) is 11.1. The van der Waals surface area contributed by atoms with Crippen LogP contribution in [0.5, 0.6) is 5.75 Å². The van der Waals surface area contributed by atoms with E-state index in [9.17, 15) is 10.1 Å². The molecule has 1 heterocycles. The van der Waals surface area contributed by atoms with Gasteiger partial charge in [0, 0.05) is 18.8 Å². The minimum absolute atomic E-state index is 0.0314. The smallest absolute Gasteiger partial charge is 0.274 e. The van der Waals surface area contributed by atoms with E-state index in [2.05, 4.69) is 10.3 Å². The Hall–Kier alpha value is -2.63. The highest BCUT2D eigenvalue weighted by Crippen LogP contribution is 2.15. The monoisotopic (exact) mass is 273 g/mol. The van der Waals surface area contributed by atoms with E-state index in [1.807, 2.05) is 24.3 Å². The Kier molecular flexibility index (Phi) is 4.49. The maximum Gasteiger partial charge on any atom is 0.274 e. The molecular weight excluding hydrogens is 258 g/mol. The molecule has 0 aliphatic rings. The average Bonchev–Trinajstić information content (AvgIpc) is 2.48. The van der Waals surface area contributed by atoms with Gasteiger partial charge >= 0.3 is 0 Å². The van der Waals surface area contributed by atoms with Crippen LogP contribution in [0.4, 0.5) is 11.5 Å². The van der Waals surface area contributed by atoms with E-state index in [-0.39, 0.29) is 5.69 Å². The van der Waals surface area contributed by atoms with E-state index in [0.29, 0.717) is 12.4 Å². The minimum atomic E-state index is -0.436. The highest BCUT2D eigenvalue weighted by atomic mass is 16.6. The van der Waals surface area contributed by atoms with Crippen molar-refractivity contribution in [3.8, 4) is 5.75 Å². The summed E-state index contributed by atoms with van der Waals surface area (Å²) >= 11 is 0. The molecule has 0 amide bonds. The van der Waals surface area contributed by atoms with E-state index in [1.54, 1.807) is 7.11 Å². The Morgan fingerprint density at radius 2 is 2.20 bits per heavy atom. The number of hydrogen-bond acceptors (Lipinski definition) is 5. The molecule has 20 heavy (non-hydrogen) atoms. The number of nitrogens with one attached hydrogen (secondary N) is 1. The molecule has 0 spiro atoms. The van der Waals surface area contributed by atoms with Crippen molar-refractivity contribution in [2.75, 3.05) is 19.0 Å². The normalized spacial score (nSPS) is 10.1. The van der Waals surface area contributed by atoms with E-state index >= 15 is 0 Å². The van der Waals surface area contributed by atoms with Gasteiger partial charge in [0.2, 0.25) is 0 Å². The number of hydrogen-bond donors (Lipinski definition) is 1. The number of nitrogens with zero attached hydrogens (tertiary/aromatic N) is 2. The minimum Gasteiger partial charge on any atom is -0.497 e. The molecule has 1 N–H and O–H groups in total. The maximum absolute atomic E-state index is 10.7. The SMILES string of the molecule is COc1cccc(CCNc2cc([N+](=O)[O-])ccn2)c1. The standard InChI is InChI=1S/C14H15N3O3/c1-20-13-4-2-3-11(9-13)5-7-15-14-10-12(17(18)19)6-8-16-14/h2-4,6,8-10H,5,7H2,1H3,(H,15,16). The molecule has 0 saturated carbocycles. The van der Waals surface area contributed by atoms with E-state index in [0.717, 1.165) is 17.7 Å². The number of benzene rings is 1. The molecule has 0 bridgehead atoms. The quantitative estimate of drug-likeness (QED) is 0.646. The third kappa shape index (κ3) is 3.68. The Bertz CT molecular complexity index is 602. The van der Waals surface area contributed by atoms with Crippen LogP contribution in [-0.2, 0) is 6.42 Å². The van der Waals surface area contributed by atoms with Crippen molar-refractivity contribution in [2.45, 2.75) is 6.42 Å². The van der Waals surface area contributed by atoms with Gasteiger partial charge in [0.15, 0.2) is 0 Å². The zero-order chi connectivity index (χ0) is 14.4. The largest absolute Gasteiger partial charge is 0.497 e. The molecule has 0 unspecified atom stereocenters. The lowest BCUT2D eigenvalue weighted by Gasteiger charge is -2.06. The number of methoxy groups -OCH3 is 1. The topological polar surface area (TPSA) is 77.3 Å². The molecule has 0 fully saturated rings. The van der Waals surface area contributed by atoms with Crippen molar-refractivity contribution in [1.29, 1.82) is 0 Å². The molecule has 0 atom stereocenters. The summed E-state index contributed by atoms with van der Waals surface area (Å²) in [4.78, 5) is 14.3. The lowest BCUT2D eigenvalue weighted by atomic mass is 10.1. The molecule has 104 valence electrons. The van der Waals surface area contributed by atoms with Crippen molar-refractivity contribution in [1.82, 2.24) is 4.98 Å². The molecule has 0 aliphatic heterocycles. The highest BCUT2D eigenvalue weighted by Gasteiger charge is 2.06. The van der Waals surface area contributed by atoms with Gasteiger partial charge in [-0.25, -0.2) is 4.98 Å². The van der Waals surface area contributed by atoms with Gasteiger partial charge in [-0.1, -0.05) is 12.1 Å². The lowest BCUT2D eigenvalue weighted by molar-refractivity contribution is -0.384. The summed E-state index contributed by atoms with van der Waals surface area (Å²) < 4.78 is 5.15. The molecular formula is C14H15N3O3. The number of aromatic nitrogens is 1. The predicted octanol–water partition coefficient (Wildman–Crippen LogP) is 2.65. The fourth-order valence-electron chi connectivity index (χ4n) is 1.79. The molecule has 1 aromatic heterocycles. The average molecular weight is 273 g/mol.